The minimum absolute atomic E-state index is 0.0305. The first-order chi connectivity index (χ1) is 13.4. The molecule has 1 N–H and O–H groups in total. The molecule has 0 aliphatic rings. The number of aromatic nitrogens is 2. The van der Waals surface area contributed by atoms with E-state index in [2.05, 4.69) is 15.3 Å². The van der Waals surface area contributed by atoms with E-state index < -0.39 is 0 Å². The van der Waals surface area contributed by atoms with Crippen LogP contribution in [0.15, 0.2) is 0 Å². The number of nitrogens with one attached hydrogen (secondary N) is 1. The Hall–Kier alpha value is -2.30. The molecule has 2 aromatic heterocycles. The lowest BCUT2D eigenvalue weighted by atomic mass is 10.2. The lowest BCUT2D eigenvalue weighted by Gasteiger charge is -2.16. The van der Waals surface area contributed by atoms with Gasteiger partial charge in [0.1, 0.15) is 11.4 Å². The Bertz CT molecular complexity index is 839. The van der Waals surface area contributed by atoms with E-state index in [-0.39, 0.29) is 25.0 Å². The molecule has 0 atom stereocenters. The summed E-state index contributed by atoms with van der Waals surface area (Å²) in [7, 11) is 6.29. The number of rotatable bonds is 10. The second-order valence-corrected chi connectivity index (χ2v) is 7.18. The minimum atomic E-state index is -0.247. The maximum atomic E-state index is 12.9. The van der Waals surface area contributed by atoms with Crippen LogP contribution in [-0.4, -0.2) is 74.8 Å². The molecule has 0 spiro atoms. The average molecular weight is 410 g/mol. The molecule has 28 heavy (non-hydrogen) atoms. The summed E-state index contributed by atoms with van der Waals surface area (Å²) in [5, 5.41) is 3.47. The molecule has 0 aliphatic carbocycles. The fourth-order valence-corrected chi connectivity index (χ4v) is 3.84. The third kappa shape index (κ3) is 5.15. The zero-order valence-electron chi connectivity index (χ0n) is 16.8. The van der Waals surface area contributed by atoms with Crippen molar-refractivity contribution in [1.29, 1.82) is 0 Å². The van der Waals surface area contributed by atoms with Crippen LogP contribution in [0, 0.1) is 6.92 Å². The van der Waals surface area contributed by atoms with Crippen molar-refractivity contribution < 1.29 is 23.8 Å². The Labute approximate surface area is 168 Å². The highest BCUT2D eigenvalue weighted by Crippen LogP contribution is 2.35. The Morgan fingerprint density at radius 3 is 2.57 bits per heavy atom. The number of likely N-dealkylation sites (N-methyl/N-ethyl adjacent to an activating group) is 1. The number of carbonyl (C=O) groups excluding carboxylic acids is 2. The molecule has 0 bridgehead atoms. The molecule has 2 aromatic rings. The molecular weight excluding hydrogens is 384 g/mol. The molecule has 0 radical (unpaired) electrons. The van der Waals surface area contributed by atoms with Gasteiger partial charge < -0.3 is 24.4 Å². The molecule has 154 valence electrons. The van der Waals surface area contributed by atoms with Crippen molar-refractivity contribution in [3.63, 3.8) is 0 Å². The van der Waals surface area contributed by atoms with E-state index in [1.165, 1.54) is 23.3 Å². The van der Waals surface area contributed by atoms with Gasteiger partial charge >= 0.3 is 0 Å². The molecule has 0 fully saturated rings. The molecule has 10 heteroatoms. The molecule has 2 rings (SSSR count). The Kier molecular flexibility index (Phi) is 8.09. The highest BCUT2D eigenvalue weighted by molar-refractivity contribution is 7.20. The van der Waals surface area contributed by atoms with E-state index in [4.69, 9.17) is 14.2 Å². The average Bonchev–Trinajstić information content (AvgIpc) is 3.00. The number of fused-ring (bicyclic) bond motifs is 1. The summed E-state index contributed by atoms with van der Waals surface area (Å²) >= 11 is 1.26. The molecule has 0 unspecified atom stereocenters. The third-order valence-electron chi connectivity index (χ3n) is 4.04. The summed E-state index contributed by atoms with van der Waals surface area (Å²) in [6, 6.07) is 0. The normalized spacial score (nSPS) is 10.9. The number of ether oxygens (including phenoxy) is 3. The highest BCUT2D eigenvalue weighted by atomic mass is 32.1. The van der Waals surface area contributed by atoms with Crippen molar-refractivity contribution in [2.45, 2.75) is 20.0 Å². The fourth-order valence-electron chi connectivity index (χ4n) is 2.65. The summed E-state index contributed by atoms with van der Waals surface area (Å²) in [6.45, 7) is 3.12. The van der Waals surface area contributed by atoms with Crippen molar-refractivity contribution in [3.05, 3.63) is 16.3 Å². The second kappa shape index (κ2) is 10.3. The lowest BCUT2D eigenvalue weighted by Crippen LogP contribution is -2.38. The van der Waals surface area contributed by atoms with E-state index >= 15 is 0 Å². The van der Waals surface area contributed by atoms with Crippen LogP contribution in [0.4, 0.5) is 0 Å². The van der Waals surface area contributed by atoms with Crippen molar-refractivity contribution in [2.75, 3.05) is 48.1 Å². The summed E-state index contributed by atoms with van der Waals surface area (Å²) in [5.74, 6) is 0.424. The number of amides is 2. The number of methoxy groups -OCH3 is 3. The topological polar surface area (TPSA) is 103 Å². The van der Waals surface area contributed by atoms with Crippen LogP contribution in [0.1, 0.15) is 27.5 Å². The van der Waals surface area contributed by atoms with Crippen molar-refractivity contribution in [1.82, 2.24) is 20.2 Å². The van der Waals surface area contributed by atoms with Crippen molar-refractivity contribution in [2.24, 2.45) is 0 Å². The number of thiophene rings is 1. The van der Waals surface area contributed by atoms with Gasteiger partial charge in [-0.3, -0.25) is 9.59 Å². The van der Waals surface area contributed by atoms with E-state index in [1.807, 2.05) is 6.92 Å². The van der Waals surface area contributed by atoms with Gasteiger partial charge in [0.15, 0.2) is 5.82 Å². The van der Waals surface area contributed by atoms with Crippen LogP contribution in [0.3, 0.4) is 0 Å². The number of hydrogen-bond donors (Lipinski definition) is 1. The first-order valence-corrected chi connectivity index (χ1v) is 9.58. The number of carbonyl (C=O) groups is 2. The van der Waals surface area contributed by atoms with E-state index in [9.17, 15) is 9.59 Å². The van der Waals surface area contributed by atoms with Gasteiger partial charge in [-0.1, -0.05) is 0 Å². The standard InChI is InChI=1S/C18H26N4O5S/c1-11-14-16(27-5)20-12(10-26-4)21-17(14)28-15(11)18(24)22(2)9-13(23)19-7-6-8-25-3/h6-10H2,1-5H3,(H,19,23). The highest BCUT2D eigenvalue weighted by Gasteiger charge is 2.24. The monoisotopic (exact) mass is 410 g/mol. The van der Waals surface area contributed by atoms with Crippen LogP contribution in [0.25, 0.3) is 10.2 Å². The van der Waals surface area contributed by atoms with Gasteiger partial charge in [0.2, 0.25) is 11.8 Å². The molecule has 0 saturated heterocycles. The molecule has 2 amide bonds. The maximum Gasteiger partial charge on any atom is 0.264 e. The quantitative estimate of drug-likeness (QED) is 0.590. The van der Waals surface area contributed by atoms with Gasteiger partial charge in [0.25, 0.3) is 5.91 Å². The van der Waals surface area contributed by atoms with Crippen LogP contribution in [0.5, 0.6) is 5.88 Å². The van der Waals surface area contributed by atoms with Crippen LogP contribution in [-0.2, 0) is 20.9 Å². The molecule has 0 saturated carbocycles. The van der Waals surface area contributed by atoms with Gasteiger partial charge in [-0.2, -0.15) is 4.98 Å². The predicted octanol–water partition coefficient (Wildman–Crippen LogP) is 1.38. The third-order valence-corrected chi connectivity index (χ3v) is 5.21. The molecular formula is C18H26N4O5S. The summed E-state index contributed by atoms with van der Waals surface area (Å²) in [5.41, 5.74) is 0.734. The van der Waals surface area contributed by atoms with Crippen LogP contribution in [0.2, 0.25) is 0 Å². The second-order valence-electron chi connectivity index (χ2n) is 6.18. The first kappa shape index (κ1) is 22.0. The van der Waals surface area contributed by atoms with Gasteiger partial charge in [-0.05, 0) is 18.9 Å². The molecule has 2 heterocycles. The van der Waals surface area contributed by atoms with Crippen molar-refractivity contribution >= 4 is 33.4 Å². The molecule has 0 aromatic carbocycles. The number of aryl methyl sites for hydroxylation is 1. The summed E-state index contributed by atoms with van der Waals surface area (Å²) in [4.78, 5) is 36.2. The maximum absolute atomic E-state index is 12.9. The Balaban J connectivity index is 2.18. The minimum Gasteiger partial charge on any atom is -0.480 e. The van der Waals surface area contributed by atoms with Crippen LogP contribution >= 0.6 is 11.3 Å². The number of nitrogens with zero attached hydrogens (tertiary/aromatic N) is 3. The Morgan fingerprint density at radius 2 is 1.93 bits per heavy atom. The van der Waals surface area contributed by atoms with Gasteiger partial charge in [-0.25, -0.2) is 4.98 Å². The zero-order valence-corrected chi connectivity index (χ0v) is 17.6. The van der Waals surface area contributed by atoms with Gasteiger partial charge in [0.05, 0.1) is 23.9 Å². The van der Waals surface area contributed by atoms with E-state index in [0.717, 1.165) is 12.0 Å². The number of hydrogen-bond acceptors (Lipinski definition) is 8. The molecule has 9 nitrogen and oxygen atoms in total. The Morgan fingerprint density at radius 1 is 1.18 bits per heavy atom. The largest absolute Gasteiger partial charge is 0.480 e. The zero-order chi connectivity index (χ0) is 20.7. The smallest absolute Gasteiger partial charge is 0.264 e. The van der Waals surface area contributed by atoms with Crippen LogP contribution < -0.4 is 10.1 Å². The predicted molar refractivity (Wildman–Crippen MR) is 106 cm³/mol. The van der Waals surface area contributed by atoms with Gasteiger partial charge in [-0.15, -0.1) is 11.3 Å². The summed E-state index contributed by atoms with van der Waals surface area (Å²) in [6.07, 6.45) is 0.720. The lowest BCUT2D eigenvalue weighted by molar-refractivity contribution is -0.121. The van der Waals surface area contributed by atoms with E-state index in [1.54, 1.807) is 21.3 Å². The molecule has 0 aliphatic heterocycles. The fraction of sp³-hybridized carbons (Fsp3) is 0.556. The first-order valence-electron chi connectivity index (χ1n) is 8.76. The SMILES string of the molecule is COCCCNC(=O)CN(C)C(=O)c1sc2nc(COC)nc(OC)c2c1C. The van der Waals surface area contributed by atoms with Crippen molar-refractivity contribution in [3.8, 4) is 5.88 Å². The van der Waals surface area contributed by atoms with E-state index in [0.29, 0.717) is 39.9 Å². The summed E-state index contributed by atoms with van der Waals surface area (Å²) < 4.78 is 15.4. The van der Waals surface area contributed by atoms with Gasteiger partial charge in [0, 0.05) is 34.4 Å².